The van der Waals surface area contributed by atoms with Crippen molar-refractivity contribution in [1.82, 2.24) is 19.2 Å². The summed E-state index contributed by atoms with van der Waals surface area (Å²) in [6.45, 7) is 2.10. The largest absolute Gasteiger partial charge is 0.478 e. The average Bonchev–Trinajstić information content (AvgIpc) is 2.65. The molecule has 1 aromatic heterocycles. The number of carboxylic acids is 1. The molecular formula is C13H14N4O4. The van der Waals surface area contributed by atoms with Gasteiger partial charge in [0, 0.05) is 13.1 Å². The van der Waals surface area contributed by atoms with Gasteiger partial charge in [0.25, 0.3) is 0 Å². The van der Waals surface area contributed by atoms with Crippen LogP contribution < -0.4 is 16.7 Å². The van der Waals surface area contributed by atoms with Gasteiger partial charge in [-0.15, -0.1) is 0 Å². The summed E-state index contributed by atoms with van der Waals surface area (Å²) in [4.78, 5) is 35.6. The molecule has 0 unspecified atom stereocenters. The van der Waals surface area contributed by atoms with E-state index in [0.29, 0.717) is 31.9 Å². The predicted molar refractivity (Wildman–Crippen MR) is 74.1 cm³/mol. The number of benzene rings is 1. The highest BCUT2D eigenvalue weighted by Gasteiger charge is 2.18. The topological polar surface area (TPSA) is 98.3 Å². The van der Waals surface area contributed by atoms with Crippen molar-refractivity contribution in [3.8, 4) is 5.69 Å². The van der Waals surface area contributed by atoms with Crippen LogP contribution in [0.5, 0.6) is 0 Å². The minimum Gasteiger partial charge on any atom is -0.478 e. The van der Waals surface area contributed by atoms with Gasteiger partial charge in [-0.05, 0) is 24.3 Å². The number of hydrogen-bond acceptors (Lipinski definition) is 4. The normalized spacial score (nSPS) is 14.5. The Bertz CT molecular complexity index is 760. The van der Waals surface area contributed by atoms with Crippen LogP contribution in [0.4, 0.5) is 0 Å². The number of nitrogens with zero attached hydrogens (tertiary/aromatic N) is 3. The number of aromatic carboxylic acids is 1. The molecule has 8 heteroatoms. The molecule has 110 valence electrons. The fraction of sp³-hybridized carbons (Fsp3) is 0.308. The van der Waals surface area contributed by atoms with Crippen molar-refractivity contribution in [2.24, 2.45) is 0 Å². The van der Waals surface area contributed by atoms with Crippen molar-refractivity contribution in [3.63, 3.8) is 0 Å². The van der Waals surface area contributed by atoms with E-state index in [1.165, 1.54) is 33.6 Å². The summed E-state index contributed by atoms with van der Waals surface area (Å²) >= 11 is 0. The second kappa shape index (κ2) is 5.06. The molecule has 0 bridgehead atoms. The van der Waals surface area contributed by atoms with Crippen molar-refractivity contribution in [3.05, 3.63) is 50.8 Å². The number of rotatable bonds is 2. The Hall–Kier alpha value is -2.61. The molecule has 1 aliphatic heterocycles. The van der Waals surface area contributed by atoms with Crippen molar-refractivity contribution < 1.29 is 9.90 Å². The van der Waals surface area contributed by atoms with E-state index in [1.807, 2.05) is 0 Å². The quantitative estimate of drug-likeness (QED) is 0.747. The lowest BCUT2D eigenvalue weighted by Gasteiger charge is -2.01. The Morgan fingerprint density at radius 2 is 1.52 bits per heavy atom. The third-order valence-electron chi connectivity index (χ3n) is 3.49. The summed E-state index contributed by atoms with van der Waals surface area (Å²) in [7, 11) is 0. The number of carbonyl (C=O) groups is 1. The molecule has 0 saturated carbocycles. The van der Waals surface area contributed by atoms with E-state index < -0.39 is 17.3 Å². The lowest BCUT2D eigenvalue weighted by molar-refractivity contribution is 0.0697. The average molecular weight is 290 g/mol. The van der Waals surface area contributed by atoms with E-state index in [4.69, 9.17) is 5.11 Å². The van der Waals surface area contributed by atoms with Crippen LogP contribution in [0.2, 0.25) is 0 Å². The summed E-state index contributed by atoms with van der Waals surface area (Å²) in [6.07, 6.45) is 0. The Balaban J connectivity index is 2.13. The maximum absolute atomic E-state index is 12.4. The Morgan fingerprint density at radius 3 is 2.00 bits per heavy atom. The first kappa shape index (κ1) is 13.4. The fourth-order valence-electron chi connectivity index (χ4n) is 2.42. The van der Waals surface area contributed by atoms with Gasteiger partial charge in [0.2, 0.25) is 0 Å². The van der Waals surface area contributed by atoms with E-state index in [9.17, 15) is 14.4 Å². The molecule has 3 rings (SSSR count). The van der Waals surface area contributed by atoms with E-state index in [1.54, 1.807) is 0 Å². The predicted octanol–water partition coefficient (Wildman–Crippen LogP) is -0.898. The minimum absolute atomic E-state index is 0.108. The number of aromatic nitrogens is 3. The Kier molecular flexibility index (Phi) is 3.22. The van der Waals surface area contributed by atoms with Gasteiger partial charge in [0.15, 0.2) is 0 Å². The Morgan fingerprint density at radius 1 is 1.00 bits per heavy atom. The number of hydrogen-bond donors (Lipinski definition) is 2. The first-order valence-corrected chi connectivity index (χ1v) is 6.56. The van der Waals surface area contributed by atoms with E-state index in [-0.39, 0.29) is 5.56 Å². The van der Waals surface area contributed by atoms with Crippen molar-refractivity contribution in [2.75, 3.05) is 13.1 Å². The van der Waals surface area contributed by atoms with Crippen molar-refractivity contribution in [1.29, 1.82) is 0 Å². The second-order valence-electron chi connectivity index (χ2n) is 4.75. The summed E-state index contributed by atoms with van der Waals surface area (Å²) in [5.74, 6) is -1.05. The SMILES string of the molecule is O=C(O)c1ccc(-n2c(=O)n3n(c2=O)CCNCC3)cc1. The van der Waals surface area contributed by atoms with Gasteiger partial charge >= 0.3 is 17.3 Å². The molecule has 0 saturated heterocycles. The minimum atomic E-state index is -1.05. The van der Waals surface area contributed by atoms with Crippen LogP contribution in [0.1, 0.15) is 10.4 Å². The molecule has 0 atom stereocenters. The molecule has 0 amide bonds. The van der Waals surface area contributed by atoms with Crippen LogP contribution >= 0.6 is 0 Å². The third-order valence-corrected chi connectivity index (χ3v) is 3.49. The molecule has 2 N–H and O–H groups in total. The Labute approximate surface area is 118 Å². The number of fused-ring (bicyclic) bond motifs is 1. The molecule has 1 aliphatic rings. The highest BCUT2D eigenvalue weighted by Crippen LogP contribution is 2.06. The highest BCUT2D eigenvalue weighted by molar-refractivity contribution is 5.87. The van der Waals surface area contributed by atoms with Gasteiger partial charge < -0.3 is 10.4 Å². The molecule has 0 aliphatic carbocycles. The molecule has 8 nitrogen and oxygen atoms in total. The first-order valence-electron chi connectivity index (χ1n) is 6.56. The van der Waals surface area contributed by atoms with E-state index in [0.717, 1.165) is 4.57 Å². The summed E-state index contributed by atoms with van der Waals surface area (Å²) < 4.78 is 3.89. The van der Waals surface area contributed by atoms with Crippen LogP contribution in [-0.2, 0) is 13.1 Å². The maximum Gasteiger partial charge on any atom is 0.351 e. The lowest BCUT2D eigenvalue weighted by Crippen LogP contribution is -2.30. The smallest absolute Gasteiger partial charge is 0.351 e. The standard InChI is InChI=1S/C13H14N4O4/c18-11(19)9-1-3-10(4-2-9)17-12(20)15-7-5-14-6-8-16(15)13(17)21/h1-4,14H,5-8H2,(H,18,19). The fourth-order valence-corrected chi connectivity index (χ4v) is 2.42. The van der Waals surface area contributed by atoms with Crippen LogP contribution in [-0.4, -0.2) is 38.1 Å². The van der Waals surface area contributed by atoms with E-state index in [2.05, 4.69) is 5.32 Å². The molecule has 1 aromatic carbocycles. The van der Waals surface area contributed by atoms with Crippen LogP contribution in [0, 0.1) is 0 Å². The van der Waals surface area contributed by atoms with E-state index >= 15 is 0 Å². The van der Waals surface area contributed by atoms with Gasteiger partial charge in [0.1, 0.15) is 0 Å². The van der Waals surface area contributed by atoms with Crippen LogP contribution in [0.3, 0.4) is 0 Å². The van der Waals surface area contributed by atoms with Gasteiger partial charge in [-0.2, -0.15) is 0 Å². The molecular weight excluding hydrogens is 276 g/mol. The number of nitrogens with one attached hydrogen (secondary N) is 1. The molecule has 0 fully saturated rings. The summed E-state index contributed by atoms with van der Waals surface area (Å²) in [5.41, 5.74) is -0.341. The molecule has 2 heterocycles. The van der Waals surface area contributed by atoms with Gasteiger partial charge in [-0.3, -0.25) is 0 Å². The van der Waals surface area contributed by atoms with Crippen molar-refractivity contribution in [2.45, 2.75) is 13.1 Å². The second-order valence-corrected chi connectivity index (χ2v) is 4.75. The van der Waals surface area contributed by atoms with Crippen LogP contribution in [0.15, 0.2) is 33.9 Å². The highest BCUT2D eigenvalue weighted by atomic mass is 16.4. The molecule has 0 radical (unpaired) electrons. The maximum atomic E-state index is 12.4. The monoisotopic (exact) mass is 290 g/mol. The van der Waals surface area contributed by atoms with Gasteiger partial charge in [-0.1, -0.05) is 0 Å². The van der Waals surface area contributed by atoms with Gasteiger partial charge in [-0.25, -0.2) is 28.3 Å². The summed E-state index contributed by atoms with van der Waals surface area (Å²) in [6, 6.07) is 5.67. The summed E-state index contributed by atoms with van der Waals surface area (Å²) in [5, 5.41) is 12.0. The molecule has 0 spiro atoms. The number of carboxylic acid groups (broad SMARTS) is 1. The molecule has 2 aromatic rings. The van der Waals surface area contributed by atoms with Gasteiger partial charge in [0.05, 0.1) is 24.3 Å². The third kappa shape index (κ3) is 2.19. The zero-order valence-corrected chi connectivity index (χ0v) is 11.2. The van der Waals surface area contributed by atoms with Crippen molar-refractivity contribution >= 4 is 5.97 Å². The molecule has 21 heavy (non-hydrogen) atoms. The lowest BCUT2D eigenvalue weighted by atomic mass is 10.2. The zero-order valence-electron chi connectivity index (χ0n) is 11.2. The van der Waals surface area contributed by atoms with Crippen LogP contribution in [0.25, 0.3) is 5.69 Å². The zero-order chi connectivity index (χ0) is 15.0. The first-order chi connectivity index (χ1) is 10.1.